The first-order valence-corrected chi connectivity index (χ1v) is 12.6. The minimum atomic E-state index is -1.06. The van der Waals surface area contributed by atoms with Crippen molar-refractivity contribution in [3.8, 4) is 0 Å². The van der Waals surface area contributed by atoms with Gasteiger partial charge in [-0.1, -0.05) is 17.7 Å². The van der Waals surface area contributed by atoms with E-state index in [1.54, 1.807) is 15.9 Å². The Balaban J connectivity index is 1.48. The zero-order valence-electron chi connectivity index (χ0n) is 20.5. The van der Waals surface area contributed by atoms with Crippen LogP contribution in [0.1, 0.15) is 47.9 Å². The summed E-state index contributed by atoms with van der Waals surface area (Å²) < 4.78 is 29.3. The normalized spacial score (nSPS) is 21.5. The maximum absolute atomic E-state index is 14.7. The maximum atomic E-state index is 14.7. The fourth-order valence-corrected chi connectivity index (χ4v) is 5.31. The monoisotopic (exact) mass is 528 g/mol. The van der Waals surface area contributed by atoms with Crippen molar-refractivity contribution in [1.82, 2.24) is 25.0 Å². The number of carbonyl (C=O) groups is 2. The van der Waals surface area contributed by atoms with Gasteiger partial charge in [0, 0.05) is 37.4 Å². The van der Waals surface area contributed by atoms with Gasteiger partial charge in [0.1, 0.15) is 0 Å². The number of amides is 2. The van der Waals surface area contributed by atoms with Crippen LogP contribution < -0.4 is 5.32 Å². The quantitative estimate of drug-likeness (QED) is 0.505. The molecule has 5 rings (SSSR count). The van der Waals surface area contributed by atoms with Crippen LogP contribution in [0.15, 0.2) is 36.4 Å². The van der Waals surface area contributed by atoms with Gasteiger partial charge in [-0.05, 0) is 57.4 Å². The molecule has 2 aliphatic rings. The van der Waals surface area contributed by atoms with Gasteiger partial charge in [0.05, 0.1) is 21.7 Å². The molecule has 2 atom stereocenters. The second-order valence-electron chi connectivity index (χ2n) is 9.72. The second-order valence-corrected chi connectivity index (χ2v) is 10.1. The number of pyridine rings is 1. The third kappa shape index (κ3) is 4.54. The Morgan fingerprint density at radius 1 is 1.19 bits per heavy atom. The summed E-state index contributed by atoms with van der Waals surface area (Å²) in [6.45, 7) is 5.14. The minimum Gasteiger partial charge on any atom is -0.342 e. The molecule has 4 heterocycles. The molecule has 0 saturated carbocycles. The first-order valence-electron chi connectivity index (χ1n) is 12.2. The van der Waals surface area contributed by atoms with Gasteiger partial charge in [-0.3, -0.25) is 14.7 Å². The molecule has 8 nitrogen and oxygen atoms in total. The van der Waals surface area contributed by atoms with Crippen molar-refractivity contribution >= 4 is 35.1 Å². The summed E-state index contributed by atoms with van der Waals surface area (Å²) in [5.41, 5.74) is 0.0512. The van der Waals surface area contributed by atoms with Crippen molar-refractivity contribution in [2.24, 2.45) is 0 Å². The van der Waals surface area contributed by atoms with Gasteiger partial charge < -0.3 is 15.1 Å². The fourth-order valence-electron chi connectivity index (χ4n) is 5.13. The van der Waals surface area contributed by atoms with Gasteiger partial charge in [0.15, 0.2) is 23.3 Å². The highest BCUT2D eigenvalue weighted by atomic mass is 35.5. The lowest BCUT2D eigenvalue weighted by molar-refractivity contribution is -0.143. The number of nitrogens with one attached hydrogen (secondary N) is 2. The summed E-state index contributed by atoms with van der Waals surface area (Å²) in [5.74, 6) is -1.55. The van der Waals surface area contributed by atoms with Crippen LogP contribution in [0, 0.1) is 18.6 Å². The van der Waals surface area contributed by atoms with Crippen molar-refractivity contribution in [2.45, 2.75) is 44.6 Å². The lowest BCUT2D eigenvalue weighted by Gasteiger charge is -2.47. The van der Waals surface area contributed by atoms with E-state index in [4.69, 9.17) is 11.6 Å². The van der Waals surface area contributed by atoms with E-state index in [9.17, 15) is 18.4 Å². The number of aromatic nitrogens is 3. The molecule has 2 N–H and O–H groups in total. The molecular formula is C26H27ClF2N6O2. The molecule has 2 unspecified atom stereocenters. The number of hydrogen-bond donors (Lipinski definition) is 2. The molecule has 2 amide bonds. The number of aromatic amines is 1. The van der Waals surface area contributed by atoms with Crippen LogP contribution in [0.4, 0.5) is 20.4 Å². The van der Waals surface area contributed by atoms with Crippen LogP contribution in [0.2, 0.25) is 5.02 Å². The number of rotatable bonds is 5. The molecule has 0 aliphatic carbocycles. The van der Waals surface area contributed by atoms with E-state index in [0.29, 0.717) is 24.6 Å². The summed E-state index contributed by atoms with van der Waals surface area (Å²) >= 11 is 5.90. The number of halogens is 3. The van der Waals surface area contributed by atoms with Crippen LogP contribution in [0.25, 0.3) is 0 Å². The Morgan fingerprint density at radius 3 is 2.62 bits per heavy atom. The Morgan fingerprint density at radius 2 is 1.97 bits per heavy atom. The number of anilines is 2. The standard InChI is InChI=1S/C26H27ClF2N6O2/c1-15-13-21(33-32-15)31-23-19(28)7-8-20(30-23)26(25(37)34-10-4-11-34)9-12-35(16(2)14-26)24(36)17-5-3-6-18(27)22(17)29/h3,5-8,13,16H,4,9-12,14H2,1-2H3,(H2,30,31,32,33). The van der Waals surface area contributed by atoms with Crippen LogP contribution in [0.3, 0.4) is 0 Å². The van der Waals surface area contributed by atoms with Crippen LogP contribution in [0.5, 0.6) is 0 Å². The first kappa shape index (κ1) is 25.1. The van der Waals surface area contributed by atoms with E-state index < -0.39 is 29.0 Å². The van der Waals surface area contributed by atoms with Crippen molar-refractivity contribution in [1.29, 1.82) is 0 Å². The molecule has 0 radical (unpaired) electrons. The van der Waals surface area contributed by atoms with E-state index in [1.807, 2.05) is 13.8 Å². The Kier molecular flexibility index (Phi) is 6.61. The zero-order chi connectivity index (χ0) is 26.3. The lowest BCUT2D eigenvalue weighted by Crippen LogP contribution is -2.59. The third-order valence-corrected chi connectivity index (χ3v) is 7.53. The van der Waals surface area contributed by atoms with Crippen molar-refractivity contribution in [2.75, 3.05) is 25.0 Å². The molecule has 194 valence electrons. The smallest absolute Gasteiger partial charge is 0.257 e. The van der Waals surface area contributed by atoms with E-state index in [0.717, 1.165) is 12.1 Å². The summed E-state index contributed by atoms with van der Waals surface area (Å²) in [7, 11) is 0. The fraction of sp³-hybridized carbons (Fsp3) is 0.385. The zero-order valence-corrected chi connectivity index (χ0v) is 21.3. The summed E-state index contributed by atoms with van der Waals surface area (Å²) in [6.07, 6.45) is 1.44. The summed E-state index contributed by atoms with van der Waals surface area (Å²) in [5, 5.41) is 9.63. The van der Waals surface area contributed by atoms with E-state index in [-0.39, 0.29) is 41.7 Å². The van der Waals surface area contributed by atoms with Crippen molar-refractivity contribution < 1.29 is 18.4 Å². The Labute approximate surface area is 218 Å². The molecule has 2 saturated heterocycles. The van der Waals surface area contributed by atoms with Crippen LogP contribution in [-0.4, -0.2) is 62.5 Å². The molecular weight excluding hydrogens is 502 g/mol. The molecule has 0 bridgehead atoms. The van der Waals surface area contributed by atoms with Gasteiger partial charge in [0.2, 0.25) is 5.91 Å². The van der Waals surface area contributed by atoms with Crippen molar-refractivity contribution in [3.63, 3.8) is 0 Å². The predicted molar refractivity (Wildman–Crippen MR) is 135 cm³/mol. The maximum Gasteiger partial charge on any atom is 0.257 e. The first-order chi connectivity index (χ1) is 17.7. The van der Waals surface area contributed by atoms with Gasteiger partial charge >= 0.3 is 0 Å². The largest absolute Gasteiger partial charge is 0.342 e. The molecule has 11 heteroatoms. The topological polar surface area (TPSA) is 94.2 Å². The van der Waals surface area contributed by atoms with Gasteiger partial charge in [0.25, 0.3) is 5.91 Å². The highest BCUT2D eigenvalue weighted by Crippen LogP contribution is 2.41. The number of benzene rings is 1. The number of piperidine rings is 1. The molecule has 0 spiro atoms. The van der Waals surface area contributed by atoms with Gasteiger partial charge in [-0.15, -0.1) is 0 Å². The summed E-state index contributed by atoms with van der Waals surface area (Å²) in [4.78, 5) is 35.0. The Bertz CT molecular complexity index is 1360. The lowest BCUT2D eigenvalue weighted by atomic mass is 9.71. The number of H-pyrrole nitrogens is 1. The molecule has 2 aliphatic heterocycles. The predicted octanol–water partition coefficient (Wildman–Crippen LogP) is 4.58. The average Bonchev–Trinajstić information content (AvgIpc) is 3.25. The number of likely N-dealkylation sites (tertiary alicyclic amines) is 2. The number of nitrogens with zero attached hydrogens (tertiary/aromatic N) is 4. The molecule has 1 aromatic carbocycles. The van der Waals surface area contributed by atoms with Crippen LogP contribution >= 0.6 is 11.6 Å². The van der Waals surface area contributed by atoms with E-state index >= 15 is 0 Å². The van der Waals surface area contributed by atoms with E-state index in [2.05, 4.69) is 20.5 Å². The molecule has 2 fully saturated rings. The highest BCUT2D eigenvalue weighted by molar-refractivity contribution is 6.31. The third-order valence-electron chi connectivity index (χ3n) is 7.24. The second kappa shape index (κ2) is 9.74. The number of carbonyl (C=O) groups excluding carboxylic acids is 2. The minimum absolute atomic E-state index is 0.0352. The molecule has 37 heavy (non-hydrogen) atoms. The Hall–Kier alpha value is -3.53. The van der Waals surface area contributed by atoms with Crippen LogP contribution in [-0.2, 0) is 10.2 Å². The van der Waals surface area contributed by atoms with Crippen molar-refractivity contribution in [3.05, 3.63) is 70.0 Å². The van der Waals surface area contributed by atoms with E-state index in [1.165, 1.54) is 30.3 Å². The SMILES string of the molecule is Cc1cc(Nc2nc(C3(C(=O)N4CCC4)CCN(C(=O)c4cccc(Cl)c4F)C(C)C3)ccc2F)n[nH]1. The molecule has 2 aromatic heterocycles. The highest BCUT2D eigenvalue weighted by Gasteiger charge is 2.50. The summed E-state index contributed by atoms with van der Waals surface area (Å²) in [6, 6.07) is 8.45. The number of aryl methyl sites for hydroxylation is 1. The van der Waals surface area contributed by atoms with Gasteiger partial charge in [-0.2, -0.15) is 5.10 Å². The number of hydrogen-bond acceptors (Lipinski definition) is 5. The average molecular weight is 529 g/mol. The molecule has 3 aromatic rings. The van der Waals surface area contributed by atoms with Gasteiger partial charge in [-0.25, -0.2) is 13.8 Å².